The molecule has 1 aromatic heterocycles. The molecular formula is C24H25N3O2. The van der Waals surface area contributed by atoms with Gasteiger partial charge in [0.05, 0.1) is 11.0 Å². The van der Waals surface area contributed by atoms with Crippen molar-refractivity contribution in [1.29, 1.82) is 0 Å². The second kappa shape index (κ2) is 7.74. The average molecular weight is 387 g/mol. The monoisotopic (exact) mass is 387 g/mol. The Hall–Kier alpha value is -3.08. The number of nitrogens with one attached hydrogen (secondary N) is 1. The molecule has 5 nitrogen and oxygen atoms in total. The molecule has 1 fully saturated rings. The first-order chi connectivity index (χ1) is 13.9. The molecule has 1 unspecified atom stereocenters. The molecule has 1 aliphatic carbocycles. The third kappa shape index (κ3) is 4.19. The van der Waals surface area contributed by atoms with Crippen LogP contribution in [0.4, 0.5) is 0 Å². The lowest BCUT2D eigenvalue weighted by molar-refractivity contribution is -0.122. The van der Waals surface area contributed by atoms with Gasteiger partial charge >= 0.3 is 0 Å². The van der Waals surface area contributed by atoms with Gasteiger partial charge in [0.1, 0.15) is 17.5 Å². The minimum Gasteiger partial charge on any atom is -0.342 e. The Balaban J connectivity index is 1.56. The van der Waals surface area contributed by atoms with Crippen LogP contribution < -0.4 is 0 Å². The van der Waals surface area contributed by atoms with Crippen LogP contribution in [0.2, 0.25) is 0 Å². The van der Waals surface area contributed by atoms with Crippen molar-refractivity contribution in [3.8, 4) is 0 Å². The second-order valence-corrected chi connectivity index (χ2v) is 8.47. The first kappa shape index (κ1) is 19.2. The summed E-state index contributed by atoms with van der Waals surface area (Å²) in [5.41, 5.74) is 3.03. The van der Waals surface area contributed by atoms with Crippen LogP contribution in [0.25, 0.3) is 11.0 Å². The molecule has 2 aromatic carbocycles. The summed E-state index contributed by atoms with van der Waals surface area (Å²) in [5.74, 6) is -0.0739. The number of fused-ring (bicyclic) bond motifs is 1. The number of rotatable bonds is 5. The number of ketones is 2. The van der Waals surface area contributed by atoms with Gasteiger partial charge in [0.2, 0.25) is 0 Å². The van der Waals surface area contributed by atoms with Crippen LogP contribution in [0.5, 0.6) is 0 Å². The highest BCUT2D eigenvalue weighted by Gasteiger charge is 2.41. The predicted octanol–water partition coefficient (Wildman–Crippen LogP) is 4.43. The molecule has 0 saturated heterocycles. The molecular weight excluding hydrogens is 362 g/mol. The van der Waals surface area contributed by atoms with Gasteiger partial charge in [-0.1, -0.05) is 56.3 Å². The van der Waals surface area contributed by atoms with E-state index in [0.717, 1.165) is 16.9 Å². The highest BCUT2D eigenvalue weighted by molar-refractivity contribution is 6.26. The van der Waals surface area contributed by atoms with Gasteiger partial charge < -0.3 is 4.98 Å². The standard InChI is InChI=1S/C24H25N3O2/c1-24(2)14-19(22(20(28)15-24)23(29)16-8-4-3-5-9-16)25-13-12-21-26-17-10-6-7-11-18(17)27-21/h3-11,22H,12-15H2,1-2H3,(H,26,27). The molecule has 1 N–H and O–H groups in total. The largest absolute Gasteiger partial charge is 0.342 e. The van der Waals surface area contributed by atoms with Crippen molar-refractivity contribution >= 4 is 28.3 Å². The van der Waals surface area contributed by atoms with Gasteiger partial charge in [-0.15, -0.1) is 0 Å². The van der Waals surface area contributed by atoms with E-state index in [2.05, 4.69) is 23.8 Å². The Bertz CT molecular complexity index is 1050. The van der Waals surface area contributed by atoms with Crippen molar-refractivity contribution in [3.05, 3.63) is 66.0 Å². The fourth-order valence-corrected chi connectivity index (χ4v) is 4.06. The number of hydrogen-bond acceptors (Lipinski definition) is 4. The Morgan fingerprint density at radius 1 is 1.10 bits per heavy atom. The Morgan fingerprint density at radius 3 is 2.59 bits per heavy atom. The molecule has 0 spiro atoms. The number of carbonyl (C=O) groups is 2. The molecule has 29 heavy (non-hydrogen) atoms. The van der Waals surface area contributed by atoms with Gasteiger partial charge in [0.15, 0.2) is 5.78 Å². The Labute approximate surface area is 170 Å². The summed E-state index contributed by atoms with van der Waals surface area (Å²) in [6.45, 7) is 4.61. The molecule has 148 valence electrons. The quantitative estimate of drug-likeness (QED) is 0.520. The summed E-state index contributed by atoms with van der Waals surface area (Å²) in [5, 5.41) is 0. The van der Waals surface area contributed by atoms with Crippen LogP contribution in [-0.2, 0) is 11.2 Å². The molecule has 3 aromatic rings. The molecule has 1 atom stereocenters. The van der Waals surface area contributed by atoms with E-state index in [1.54, 1.807) is 12.1 Å². The number of hydrogen-bond donors (Lipinski definition) is 1. The molecule has 0 radical (unpaired) electrons. The summed E-state index contributed by atoms with van der Waals surface area (Å²) >= 11 is 0. The van der Waals surface area contributed by atoms with Crippen LogP contribution in [0.3, 0.4) is 0 Å². The summed E-state index contributed by atoms with van der Waals surface area (Å²) in [4.78, 5) is 38.6. The SMILES string of the molecule is CC1(C)CC(=O)C(C(=O)c2ccccc2)C(=NCCc2nc3ccccc3[nH]2)C1. The zero-order valence-electron chi connectivity index (χ0n) is 16.8. The van der Waals surface area contributed by atoms with Gasteiger partial charge in [-0.3, -0.25) is 14.6 Å². The van der Waals surface area contributed by atoms with E-state index in [0.29, 0.717) is 37.1 Å². The maximum absolute atomic E-state index is 13.1. The van der Waals surface area contributed by atoms with Crippen LogP contribution >= 0.6 is 0 Å². The number of benzene rings is 2. The number of aromatic amines is 1. The van der Waals surface area contributed by atoms with Crippen molar-refractivity contribution in [3.63, 3.8) is 0 Å². The van der Waals surface area contributed by atoms with Crippen LogP contribution in [-0.4, -0.2) is 33.8 Å². The molecule has 1 saturated carbocycles. The average Bonchev–Trinajstić information content (AvgIpc) is 3.10. The van der Waals surface area contributed by atoms with Gasteiger partial charge in [0, 0.05) is 30.7 Å². The third-order valence-electron chi connectivity index (χ3n) is 5.39. The summed E-state index contributed by atoms with van der Waals surface area (Å²) in [6.07, 6.45) is 1.69. The number of carbonyl (C=O) groups excluding carboxylic acids is 2. The van der Waals surface area contributed by atoms with Gasteiger partial charge in [-0.25, -0.2) is 4.98 Å². The van der Waals surface area contributed by atoms with Crippen molar-refractivity contribution in [2.75, 3.05) is 6.54 Å². The molecule has 1 aliphatic rings. The number of aliphatic imine (C=N–C) groups is 1. The topological polar surface area (TPSA) is 75.2 Å². The summed E-state index contributed by atoms with van der Waals surface area (Å²) < 4.78 is 0. The molecule has 0 amide bonds. The van der Waals surface area contributed by atoms with Crippen molar-refractivity contribution in [2.45, 2.75) is 33.1 Å². The van der Waals surface area contributed by atoms with Crippen molar-refractivity contribution in [1.82, 2.24) is 9.97 Å². The number of aromatic nitrogens is 2. The van der Waals surface area contributed by atoms with E-state index in [1.165, 1.54) is 0 Å². The molecule has 0 bridgehead atoms. The Kier molecular flexibility index (Phi) is 5.14. The van der Waals surface area contributed by atoms with E-state index < -0.39 is 5.92 Å². The first-order valence-corrected chi connectivity index (χ1v) is 10.0. The third-order valence-corrected chi connectivity index (χ3v) is 5.39. The van der Waals surface area contributed by atoms with Gasteiger partial charge in [-0.2, -0.15) is 0 Å². The number of nitrogens with zero attached hydrogens (tertiary/aromatic N) is 2. The van der Waals surface area contributed by atoms with E-state index in [-0.39, 0.29) is 17.0 Å². The van der Waals surface area contributed by atoms with E-state index in [9.17, 15) is 9.59 Å². The van der Waals surface area contributed by atoms with E-state index >= 15 is 0 Å². The zero-order chi connectivity index (χ0) is 20.4. The summed E-state index contributed by atoms with van der Waals surface area (Å²) in [7, 11) is 0. The Morgan fingerprint density at radius 2 is 1.83 bits per heavy atom. The lowest BCUT2D eigenvalue weighted by atomic mass is 9.69. The lowest BCUT2D eigenvalue weighted by Crippen LogP contribution is -2.42. The molecule has 1 heterocycles. The lowest BCUT2D eigenvalue weighted by Gasteiger charge is -2.34. The summed E-state index contributed by atoms with van der Waals surface area (Å²) in [6, 6.07) is 16.9. The molecule has 0 aliphatic heterocycles. The van der Waals surface area contributed by atoms with E-state index in [4.69, 9.17) is 4.99 Å². The maximum atomic E-state index is 13.1. The van der Waals surface area contributed by atoms with Gasteiger partial charge in [0.25, 0.3) is 0 Å². The van der Waals surface area contributed by atoms with Crippen LogP contribution in [0.15, 0.2) is 59.6 Å². The molecule has 4 rings (SSSR count). The fraction of sp³-hybridized carbons (Fsp3) is 0.333. The molecule has 5 heteroatoms. The minimum atomic E-state index is -0.763. The van der Waals surface area contributed by atoms with Crippen molar-refractivity contribution in [2.24, 2.45) is 16.3 Å². The highest BCUT2D eigenvalue weighted by Crippen LogP contribution is 2.36. The van der Waals surface area contributed by atoms with Gasteiger partial charge in [-0.05, 0) is 24.0 Å². The first-order valence-electron chi connectivity index (χ1n) is 10.0. The minimum absolute atomic E-state index is 0.0300. The highest BCUT2D eigenvalue weighted by atomic mass is 16.2. The maximum Gasteiger partial charge on any atom is 0.178 e. The number of H-pyrrole nitrogens is 1. The van der Waals surface area contributed by atoms with Crippen LogP contribution in [0.1, 0.15) is 42.9 Å². The number of Topliss-reactive ketones (excluding diaryl/α,β-unsaturated/α-hetero) is 2. The number of imidazole rings is 1. The normalized spacial score (nSPS) is 20.3. The fourth-order valence-electron chi connectivity index (χ4n) is 4.06. The second-order valence-electron chi connectivity index (χ2n) is 8.47. The number of para-hydroxylation sites is 2. The predicted molar refractivity (Wildman–Crippen MR) is 114 cm³/mol. The van der Waals surface area contributed by atoms with Crippen LogP contribution in [0, 0.1) is 11.3 Å². The van der Waals surface area contributed by atoms with Crippen molar-refractivity contribution < 1.29 is 9.59 Å². The smallest absolute Gasteiger partial charge is 0.178 e. The van der Waals surface area contributed by atoms with E-state index in [1.807, 2.05) is 42.5 Å². The zero-order valence-corrected chi connectivity index (χ0v) is 16.8.